The molecule has 0 saturated heterocycles. The van der Waals surface area contributed by atoms with Crippen molar-refractivity contribution in [2.45, 2.75) is 57.7 Å². The van der Waals surface area contributed by atoms with E-state index in [9.17, 15) is 18.0 Å². The largest absolute Gasteiger partial charge is 0.352 e. The fraction of sp³-hybridized carbons (Fsp3) is 0.440. The Bertz CT molecular complexity index is 1140. The summed E-state index contributed by atoms with van der Waals surface area (Å²) >= 11 is 12.3. The Morgan fingerprint density at radius 3 is 2.26 bits per heavy atom. The van der Waals surface area contributed by atoms with Crippen LogP contribution in [0.1, 0.15) is 44.6 Å². The highest BCUT2D eigenvalue weighted by Gasteiger charge is 2.33. The zero-order chi connectivity index (χ0) is 25.6. The van der Waals surface area contributed by atoms with Crippen LogP contribution in [-0.4, -0.2) is 50.0 Å². The van der Waals surface area contributed by atoms with E-state index in [1.165, 1.54) is 4.90 Å². The van der Waals surface area contributed by atoms with Crippen LogP contribution < -0.4 is 9.62 Å². The monoisotopic (exact) mass is 539 g/mol. The molecule has 0 heterocycles. The highest BCUT2D eigenvalue weighted by Crippen LogP contribution is 2.24. The lowest BCUT2D eigenvalue weighted by Crippen LogP contribution is -2.53. The van der Waals surface area contributed by atoms with E-state index >= 15 is 0 Å². The lowest BCUT2D eigenvalue weighted by atomic mass is 10.1. The van der Waals surface area contributed by atoms with Gasteiger partial charge in [0.2, 0.25) is 21.8 Å². The predicted molar refractivity (Wildman–Crippen MR) is 140 cm³/mol. The van der Waals surface area contributed by atoms with E-state index < -0.39 is 28.5 Å². The minimum Gasteiger partial charge on any atom is -0.352 e. The molecule has 35 heavy (non-hydrogen) atoms. The number of carbonyl (C=O) groups excluding carboxylic acids is 2. The summed E-state index contributed by atoms with van der Waals surface area (Å²) < 4.78 is 26.2. The van der Waals surface area contributed by atoms with E-state index in [4.69, 9.17) is 23.2 Å². The summed E-state index contributed by atoms with van der Waals surface area (Å²) in [7, 11) is -3.80. The van der Waals surface area contributed by atoms with Gasteiger partial charge in [-0.3, -0.25) is 13.9 Å². The Morgan fingerprint density at radius 1 is 1.06 bits per heavy atom. The maximum Gasteiger partial charge on any atom is 0.244 e. The van der Waals surface area contributed by atoms with E-state index in [1.807, 2.05) is 6.92 Å². The summed E-state index contributed by atoms with van der Waals surface area (Å²) in [6, 6.07) is 12.6. The molecule has 1 atom stereocenters. The van der Waals surface area contributed by atoms with Crippen molar-refractivity contribution >= 4 is 50.7 Å². The third-order valence-corrected chi connectivity index (χ3v) is 7.94. The first-order chi connectivity index (χ1) is 16.6. The second-order valence-electron chi connectivity index (χ2n) is 8.77. The van der Waals surface area contributed by atoms with Crippen LogP contribution in [0.25, 0.3) is 0 Å². The fourth-order valence-electron chi connectivity index (χ4n) is 4.32. The fourth-order valence-corrected chi connectivity index (χ4v) is 5.49. The van der Waals surface area contributed by atoms with E-state index in [-0.39, 0.29) is 18.5 Å². The predicted octanol–water partition coefficient (Wildman–Crippen LogP) is 4.63. The molecule has 10 heteroatoms. The number of nitrogens with one attached hydrogen (secondary N) is 1. The Hall–Kier alpha value is -2.29. The minimum absolute atomic E-state index is 0.0767. The lowest BCUT2D eigenvalue weighted by Gasteiger charge is -2.33. The van der Waals surface area contributed by atoms with Gasteiger partial charge in [-0.2, -0.15) is 0 Å². The third kappa shape index (κ3) is 7.35. The highest BCUT2D eigenvalue weighted by atomic mass is 35.5. The number of carbonyl (C=O) groups is 2. The summed E-state index contributed by atoms with van der Waals surface area (Å²) in [6.07, 6.45) is 5.37. The van der Waals surface area contributed by atoms with Crippen molar-refractivity contribution in [2.24, 2.45) is 0 Å². The van der Waals surface area contributed by atoms with Gasteiger partial charge in [0.25, 0.3) is 0 Å². The number of sulfonamides is 1. The molecular formula is C25H31Cl2N3O4S. The van der Waals surface area contributed by atoms with Crippen LogP contribution in [0.4, 0.5) is 5.69 Å². The smallest absolute Gasteiger partial charge is 0.244 e. The molecule has 0 aliphatic heterocycles. The van der Waals surface area contributed by atoms with Crippen molar-refractivity contribution in [1.82, 2.24) is 10.2 Å². The van der Waals surface area contributed by atoms with Gasteiger partial charge in [-0.25, -0.2) is 8.42 Å². The van der Waals surface area contributed by atoms with Crippen LogP contribution in [-0.2, 0) is 26.2 Å². The quantitative estimate of drug-likeness (QED) is 0.476. The summed E-state index contributed by atoms with van der Waals surface area (Å²) in [4.78, 5) is 28.4. The second kappa shape index (κ2) is 12.1. The lowest BCUT2D eigenvalue weighted by molar-refractivity contribution is -0.140. The number of benzene rings is 2. The molecule has 0 radical (unpaired) electrons. The summed E-state index contributed by atoms with van der Waals surface area (Å²) in [5.41, 5.74) is 0.985. The average molecular weight is 541 g/mol. The van der Waals surface area contributed by atoms with Crippen molar-refractivity contribution in [3.63, 3.8) is 0 Å². The number of nitrogens with zero attached hydrogens (tertiary/aromatic N) is 2. The third-order valence-electron chi connectivity index (χ3n) is 6.18. The minimum atomic E-state index is -3.80. The van der Waals surface area contributed by atoms with Gasteiger partial charge in [-0.15, -0.1) is 0 Å². The number of rotatable bonds is 10. The number of hydrogen-bond acceptors (Lipinski definition) is 4. The van der Waals surface area contributed by atoms with Crippen molar-refractivity contribution in [3.8, 4) is 0 Å². The first-order valence-electron chi connectivity index (χ1n) is 11.7. The summed E-state index contributed by atoms with van der Waals surface area (Å²) in [5.74, 6) is -0.740. The van der Waals surface area contributed by atoms with Crippen LogP contribution >= 0.6 is 23.2 Å². The van der Waals surface area contributed by atoms with E-state index in [2.05, 4.69) is 5.32 Å². The number of anilines is 1. The molecule has 3 rings (SSSR count). The van der Waals surface area contributed by atoms with Gasteiger partial charge in [0, 0.05) is 22.6 Å². The molecule has 7 nitrogen and oxygen atoms in total. The standard InChI is InChI=1S/C25H31Cl2N3O4S/c1-3-23(25(32)28-20-9-5-6-10-20)29(16-18-8-4-7-11-22(18)27)24(31)17-30(35(2,33)34)21-14-12-19(26)13-15-21/h4,7-8,11-15,20,23H,3,5-6,9-10,16-17H2,1-2H3,(H,28,32)/t23-/m1/s1. The summed E-state index contributed by atoms with van der Waals surface area (Å²) in [5, 5.41) is 3.99. The molecule has 2 amide bonds. The average Bonchev–Trinajstić information content (AvgIpc) is 3.31. The van der Waals surface area contributed by atoms with Crippen LogP contribution in [0.2, 0.25) is 10.0 Å². The van der Waals surface area contributed by atoms with E-state index in [1.54, 1.807) is 48.5 Å². The molecule has 190 valence electrons. The first kappa shape index (κ1) is 27.3. The SMILES string of the molecule is CC[C@H](C(=O)NC1CCCC1)N(Cc1ccccc1Cl)C(=O)CN(c1ccc(Cl)cc1)S(C)(=O)=O. The normalized spacial score (nSPS) is 15.0. The molecule has 1 fully saturated rings. The molecule has 1 aliphatic rings. The van der Waals surface area contributed by atoms with Crippen molar-refractivity contribution in [1.29, 1.82) is 0 Å². The number of halogens is 2. The topological polar surface area (TPSA) is 86.8 Å². The summed E-state index contributed by atoms with van der Waals surface area (Å²) in [6.45, 7) is 1.45. The number of hydrogen-bond donors (Lipinski definition) is 1. The van der Waals surface area contributed by atoms with E-state index in [0.29, 0.717) is 27.7 Å². The second-order valence-corrected chi connectivity index (χ2v) is 11.5. The maximum absolute atomic E-state index is 13.7. The Kier molecular flexibility index (Phi) is 9.44. The van der Waals surface area contributed by atoms with Gasteiger partial charge in [0.1, 0.15) is 12.6 Å². The van der Waals surface area contributed by atoms with Crippen LogP contribution in [0.3, 0.4) is 0 Å². The van der Waals surface area contributed by atoms with Crippen molar-refractivity contribution < 1.29 is 18.0 Å². The van der Waals surface area contributed by atoms with Crippen molar-refractivity contribution in [3.05, 3.63) is 64.1 Å². The van der Waals surface area contributed by atoms with Gasteiger partial charge in [0.05, 0.1) is 11.9 Å². The first-order valence-corrected chi connectivity index (χ1v) is 14.3. The van der Waals surface area contributed by atoms with Gasteiger partial charge >= 0.3 is 0 Å². The van der Waals surface area contributed by atoms with Crippen LogP contribution in [0.5, 0.6) is 0 Å². The van der Waals surface area contributed by atoms with Gasteiger partial charge in [-0.05, 0) is 55.2 Å². The Labute approximate surface area is 217 Å². The van der Waals surface area contributed by atoms with Crippen LogP contribution in [0, 0.1) is 0 Å². The Morgan fingerprint density at radius 2 is 1.69 bits per heavy atom. The molecule has 0 bridgehead atoms. The molecule has 0 aromatic heterocycles. The molecule has 0 spiro atoms. The number of amides is 2. The van der Waals surface area contributed by atoms with Gasteiger partial charge in [0.15, 0.2) is 0 Å². The molecule has 1 saturated carbocycles. The zero-order valence-electron chi connectivity index (χ0n) is 19.9. The molecule has 2 aromatic rings. The molecular weight excluding hydrogens is 509 g/mol. The van der Waals surface area contributed by atoms with Gasteiger partial charge < -0.3 is 10.2 Å². The maximum atomic E-state index is 13.7. The molecule has 1 N–H and O–H groups in total. The molecule has 0 unspecified atom stereocenters. The van der Waals surface area contributed by atoms with Gasteiger partial charge in [-0.1, -0.05) is 61.2 Å². The van der Waals surface area contributed by atoms with E-state index in [0.717, 1.165) is 36.2 Å². The molecule has 1 aliphatic carbocycles. The highest BCUT2D eigenvalue weighted by molar-refractivity contribution is 7.92. The zero-order valence-corrected chi connectivity index (χ0v) is 22.2. The molecule has 2 aromatic carbocycles. The Balaban J connectivity index is 1.92. The van der Waals surface area contributed by atoms with Crippen molar-refractivity contribution in [2.75, 3.05) is 17.1 Å². The van der Waals surface area contributed by atoms with Crippen LogP contribution in [0.15, 0.2) is 48.5 Å².